The molecule has 1 aromatic carbocycles. The first-order valence-corrected chi connectivity index (χ1v) is 10.6. The third-order valence-corrected chi connectivity index (χ3v) is 7.10. The van der Waals surface area contributed by atoms with Gasteiger partial charge in [-0.2, -0.15) is 8.42 Å². The standard InChI is InChI=1S/C20H24O2.Na.H2O4S.H/c1-3-20(22)11-9-18-17-6-4-13-12-14(21)5-7-15(13)16(17)8-10-19(18,20)2;;1-5(2,3)4;/h1,5,7,12,16-18,21-22H,4,6,8-11H2,2H3;;(H2,1,2,3,4);/t16-,17-,18+,19+,20+;;;/m1.../s1. The predicted molar refractivity (Wildman–Crippen MR) is 108 cm³/mol. The third-order valence-electron chi connectivity index (χ3n) is 7.10. The maximum atomic E-state index is 10.9. The van der Waals surface area contributed by atoms with Gasteiger partial charge in [-0.1, -0.05) is 18.9 Å². The van der Waals surface area contributed by atoms with Crippen LogP contribution in [-0.2, 0) is 16.8 Å². The Bertz CT molecular complexity index is 871. The van der Waals surface area contributed by atoms with E-state index in [4.69, 9.17) is 23.9 Å². The van der Waals surface area contributed by atoms with Crippen LogP contribution in [0.1, 0.15) is 56.1 Å². The molecule has 0 saturated heterocycles. The molecule has 2 saturated carbocycles. The van der Waals surface area contributed by atoms with Crippen LogP contribution >= 0.6 is 0 Å². The van der Waals surface area contributed by atoms with E-state index >= 15 is 0 Å². The van der Waals surface area contributed by atoms with Gasteiger partial charge in [0.15, 0.2) is 0 Å². The molecular formula is C20H27NaO6S. The van der Waals surface area contributed by atoms with E-state index in [1.165, 1.54) is 11.1 Å². The Hall–Kier alpha value is -0.590. The van der Waals surface area contributed by atoms with E-state index in [-0.39, 0.29) is 35.0 Å². The molecule has 28 heavy (non-hydrogen) atoms. The van der Waals surface area contributed by atoms with Gasteiger partial charge in [-0.05, 0) is 79.5 Å². The molecule has 0 aliphatic heterocycles. The fourth-order valence-corrected chi connectivity index (χ4v) is 5.82. The molecule has 3 aliphatic carbocycles. The van der Waals surface area contributed by atoms with Gasteiger partial charge < -0.3 is 10.2 Å². The Balaban J connectivity index is 0.000000420. The SMILES string of the molecule is C#C[C@]1(O)CC[C@H]2[C@@H]3CCc4cc(O)ccc4[C@H]3CC[C@@]21C.O=S(=O)(O)O.[NaH]. The zero-order chi connectivity index (χ0) is 20.0. The summed E-state index contributed by atoms with van der Waals surface area (Å²) in [7, 11) is -4.67. The molecule has 5 atom stereocenters. The average Bonchev–Trinajstić information content (AvgIpc) is 2.85. The topological polar surface area (TPSA) is 115 Å². The molecule has 0 radical (unpaired) electrons. The van der Waals surface area contributed by atoms with Gasteiger partial charge in [0.25, 0.3) is 0 Å². The first-order chi connectivity index (χ1) is 12.5. The van der Waals surface area contributed by atoms with Crippen molar-refractivity contribution >= 4 is 40.0 Å². The summed E-state index contributed by atoms with van der Waals surface area (Å²) in [5, 5.41) is 20.6. The third kappa shape index (κ3) is 4.29. The van der Waals surface area contributed by atoms with Gasteiger partial charge in [0.05, 0.1) is 0 Å². The second-order valence-electron chi connectivity index (χ2n) is 8.25. The van der Waals surface area contributed by atoms with E-state index in [1.54, 1.807) is 0 Å². The molecule has 150 valence electrons. The molecular weight excluding hydrogens is 391 g/mol. The van der Waals surface area contributed by atoms with Crippen LogP contribution in [0.25, 0.3) is 0 Å². The minimum atomic E-state index is -4.67. The maximum absolute atomic E-state index is 10.9. The molecule has 2 fully saturated rings. The number of hydrogen-bond donors (Lipinski definition) is 4. The fraction of sp³-hybridized carbons (Fsp3) is 0.600. The number of terminal acetylenes is 1. The van der Waals surface area contributed by atoms with Crippen molar-refractivity contribution in [1.29, 1.82) is 0 Å². The summed E-state index contributed by atoms with van der Waals surface area (Å²) in [6.07, 6.45) is 11.8. The first kappa shape index (κ1) is 23.7. The monoisotopic (exact) mass is 418 g/mol. The molecule has 4 rings (SSSR count). The fourth-order valence-electron chi connectivity index (χ4n) is 5.82. The van der Waals surface area contributed by atoms with Gasteiger partial charge in [0, 0.05) is 5.41 Å². The van der Waals surface area contributed by atoms with Crippen LogP contribution in [-0.4, -0.2) is 62.9 Å². The Kier molecular flexibility index (Phi) is 7.00. The van der Waals surface area contributed by atoms with Crippen molar-refractivity contribution in [1.82, 2.24) is 0 Å². The van der Waals surface area contributed by atoms with Crippen LogP contribution < -0.4 is 0 Å². The molecule has 0 aromatic heterocycles. The van der Waals surface area contributed by atoms with Gasteiger partial charge in [-0.3, -0.25) is 9.11 Å². The van der Waals surface area contributed by atoms with Crippen molar-refractivity contribution in [3.8, 4) is 18.1 Å². The quantitative estimate of drug-likeness (QED) is 0.292. The van der Waals surface area contributed by atoms with Crippen molar-refractivity contribution in [3.05, 3.63) is 29.3 Å². The Morgan fingerprint density at radius 3 is 2.43 bits per heavy atom. The number of aromatic hydroxyl groups is 1. The van der Waals surface area contributed by atoms with Gasteiger partial charge in [-0.25, -0.2) is 0 Å². The molecule has 4 N–H and O–H groups in total. The molecule has 1 aromatic rings. The minimum absolute atomic E-state index is 0. The second kappa shape index (κ2) is 8.27. The number of hydrogen-bond acceptors (Lipinski definition) is 4. The van der Waals surface area contributed by atoms with Gasteiger partial charge >= 0.3 is 40.0 Å². The summed E-state index contributed by atoms with van der Waals surface area (Å²) in [6, 6.07) is 5.87. The molecule has 0 amide bonds. The molecule has 0 spiro atoms. The van der Waals surface area contributed by atoms with E-state index in [0.717, 1.165) is 38.5 Å². The van der Waals surface area contributed by atoms with E-state index in [2.05, 4.69) is 18.9 Å². The zero-order valence-corrected chi connectivity index (χ0v) is 16.1. The molecule has 8 heteroatoms. The molecule has 0 unspecified atom stereocenters. The van der Waals surface area contributed by atoms with Gasteiger partial charge in [0.1, 0.15) is 11.4 Å². The summed E-state index contributed by atoms with van der Waals surface area (Å²) in [4.78, 5) is 0. The number of aryl methyl sites for hydroxylation is 1. The number of phenols is 1. The van der Waals surface area contributed by atoms with Crippen LogP contribution in [0, 0.1) is 29.6 Å². The summed E-state index contributed by atoms with van der Waals surface area (Å²) in [6.45, 7) is 2.22. The summed E-state index contributed by atoms with van der Waals surface area (Å²) < 4.78 is 31.6. The van der Waals surface area contributed by atoms with E-state index in [0.29, 0.717) is 23.5 Å². The van der Waals surface area contributed by atoms with Crippen molar-refractivity contribution in [2.75, 3.05) is 0 Å². The Morgan fingerprint density at radius 1 is 1.18 bits per heavy atom. The van der Waals surface area contributed by atoms with Crippen LogP contribution in [0.5, 0.6) is 5.75 Å². The Morgan fingerprint density at radius 2 is 1.82 bits per heavy atom. The average molecular weight is 418 g/mol. The number of aliphatic hydroxyl groups is 1. The zero-order valence-electron chi connectivity index (χ0n) is 15.3. The predicted octanol–water partition coefficient (Wildman–Crippen LogP) is 2.31. The van der Waals surface area contributed by atoms with Crippen LogP contribution in [0.15, 0.2) is 18.2 Å². The second-order valence-corrected chi connectivity index (χ2v) is 9.14. The van der Waals surface area contributed by atoms with E-state index in [9.17, 15) is 10.2 Å². The molecule has 3 aliphatic rings. The van der Waals surface area contributed by atoms with Crippen molar-refractivity contribution in [2.24, 2.45) is 17.3 Å². The van der Waals surface area contributed by atoms with E-state index in [1.807, 2.05) is 12.1 Å². The molecule has 0 bridgehead atoms. The van der Waals surface area contributed by atoms with Crippen molar-refractivity contribution in [3.63, 3.8) is 0 Å². The summed E-state index contributed by atoms with van der Waals surface area (Å²) in [5.41, 5.74) is 1.69. The van der Waals surface area contributed by atoms with Crippen LogP contribution in [0.2, 0.25) is 0 Å². The summed E-state index contributed by atoms with van der Waals surface area (Å²) >= 11 is 0. The van der Waals surface area contributed by atoms with Crippen molar-refractivity contribution < 1.29 is 27.7 Å². The first-order valence-electron chi connectivity index (χ1n) is 9.20. The summed E-state index contributed by atoms with van der Waals surface area (Å²) in [5.74, 6) is 4.82. The molecule has 0 heterocycles. The molecule has 6 nitrogen and oxygen atoms in total. The van der Waals surface area contributed by atoms with Crippen LogP contribution in [0.4, 0.5) is 0 Å². The Labute approximate surface area is 188 Å². The number of rotatable bonds is 0. The number of benzene rings is 1. The van der Waals surface area contributed by atoms with Gasteiger partial charge in [-0.15, -0.1) is 6.42 Å². The van der Waals surface area contributed by atoms with Crippen LogP contribution in [0.3, 0.4) is 0 Å². The van der Waals surface area contributed by atoms with E-state index < -0.39 is 16.0 Å². The van der Waals surface area contributed by atoms with Crippen molar-refractivity contribution in [2.45, 2.75) is 57.0 Å². The van der Waals surface area contributed by atoms with Gasteiger partial charge in [0.2, 0.25) is 0 Å². The normalized spacial score (nSPS) is 35.8. The number of phenolic OH excluding ortho intramolecular Hbond substituents is 1. The number of fused-ring (bicyclic) bond motifs is 5.